The number of rotatable bonds is 12. The maximum atomic E-state index is 13.0. The number of pyridine rings is 1. The maximum Gasteiger partial charge on any atom is 0.251 e. The standard InChI is InChI=1S/C33H33ClN4O4S/c1-23-5-4-18-38-22-31(36-32(23)38)26-10-8-24(9-11-26)21-29(16-19-39)35-33(40)27-12-14-28(15-13-27)37-43(41,42)20-17-25-6-2-3-7-30(25)34/h2-15,18,22,29,37,39H,16-17,19-21H2,1H3,(H,35,40)/t29-/m1/s1. The van der Waals surface area contributed by atoms with Crippen molar-refractivity contribution in [2.75, 3.05) is 17.1 Å². The van der Waals surface area contributed by atoms with Gasteiger partial charge in [-0.25, -0.2) is 13.4 Å². The molecule has 2 heterocycles. The zero-order valence-electron chi connectivity index (χ0n) is 23.7. The molecule has 0 saturated heterocycles. The van der Waals surface area contributed by atoms with E-state index in [1.807, 2.05) is 66.2 Å². The molecule has 0 unspecified atom stereocenters. The number of aliphatic hydroxyl groups excluding tert-OH is 1. The van der Waals surface area contributed by atoms with E-state index in [0.29, 0.717) is 29.1 Å². The van der Waals surface area contributed by atoms with Gasteiger partial charge >= 0.3 is 0 Å². The number of fused-ring (bicyclic) bond motifs is 1. The highest BCUT2D eigenvalue weighted by Crippen LogP contribution is 2.22. The van der Waals surface area contributed by atoms with Crippen molar-refractivity contribution in [1.82, 2.24) is 14.7 Å². The molecule has 1 amide bonds. The van der Waals surface area contributed by atoms with Crippen molar-refractivity contribution < 1.29 is 18.3 Å². The molecule has 1 atom stereocenters. The summed E-state index contributed by atoms with van der Waals surface area (Å²) in [4.78, 5) is 17.8. The Kier molecular flexibility index (Phi) is 9.45. The Bertz CT molecular complexity index is 1820. The van der Waals surface area contributed by atoms with Crippen LogP contribution in [0.15, 0.2) is 97.3 Å². The topological polar surface area (TPSA) is 113 Å². The molecule has 0 aliphatic heterocycles. The number of carbonyl (C=O) groups excluding carboxylic acids is 1. The van der Waals surface area contributed by atoms with Gasteiger partial charge in [0.15, 0.2) is 0 Å². The van der Waals surface area contributed by atoms with Crippen LogP contribution in [0.3, 0.4) is 0 Å². The van der Waals surface area contributed by atoms with E-state index in [0.717, 1.165) is 33.6 Å². The molecule has 2 aromatic heterocycles. The van der Waals surface area contributed by atoms with Crippen LogP contribution >= 0.6 is 11.6 Å². The summed E-state index contributed by atoms with van der Waals surface area (Å²) >= 11 is 6.14. The summed E-state index contributed by atoms with van der Waals surface area (Å²) < 4.78 is 29.7. The van der Waals surface area contributed by atoms with Gasteiger partial charge in [-0.15, -0.1) is 0 Å². The van der Waals surface area contributed by atoms with Gasteiger partial charge in [0, 0.05) is 46.9 Å². The molecule has 3 aromatic carbocycles. The van der Waals surface area contributed by atoms with E-state index >= 15 is 0 Å². The summed E-state index contributed by atoms with van der Waals surface area (Å²) in [6.45, 7) is 1.96. The molecule has 5 aromatic rings. The predicted molar refractivity (Wildman–Crippen MR) is 171 cm³/mol. The van der Waals surface area contributed by atoms with Crippen molar-refractivity contribution in [3.05, 3.63) is 125 Å². The quantitative estimate of drug-likeness (QED) is 0.167. The van der Waals surface area contributed by atoms with Crippen LogP contribution in [-0.2, 0) is 22.9 Å². The van der Waals surface area contributed by atoms with Crippen LogP contribution < -0.4 is 10.0 Å². The molecular formula is C33H33ClN4O4S. The van der Waals surface area contributed by atoms with Crippen LogP contribution in [0.1, 0.15) is 33.5 Å². The lowest BCUT2D eigenvalue weighted by molar-refractivity contribution is 0.0930. The highest BCUT2D eigenvalue weighted by Gasteiger charge is 2.16. The number of nitrogens with one attached hydrogen (secondary N) is 2. The minimum absolute atomic E-state index is 0.0709. The number of nitrogens with zero attached hydrogens (tertiary/aromatic N) is 2. The average molecular weight is 617 g/mol. The predicted octanol–water partition coefficient (Wildman–Crippen LogP) is 5.67. The lowest BCUT2D eigenvalue weighted by atomic mass is 10.0. The number of sulfonamides is 1. The molecule has 0 saturated carbocycles. The Hall–Kier alpha value is -4.18. The second-order valence-electron chi connectivity index (χ2n) is 10.5. The molecule has 0 bridgehead atoms. The molecule has 0 spiro atoms. The SMILES string of the molecule is Cc1cccn2cc(-c3ccc(C[C@@H](CCO)NC(=O)c4ccc(NS(=O)(=O)CCc5ccccc5Cl)cc4)cc3)nc12. The van der Waals surface area contributed by atoms with E-state index < -0.39 is 10.0 Å². The first-order chi connectivity index (χ1) is 20.7. The molecule has 0 aliphatic carbocycles. The van der Waals surface area contributed by atoms with E-state index in [9.17, 15) is 18.3 Å². The van der Waals surface area contributed by atoms with Gasteiger partial charge in [-0.05, 0) is 79.3 Å². The third kappa shape index (κ3) is 7.81. The second kappa shape index (κ2) is 13.4. The number of anilines is 1. The summed E-state index contributed by atoms with van der Waals surface area (Å²) in [7, 11) is -3.62. The molecule has 0 aliphatic rings. The molecule has 0 radical (unpaired) electrons. The van der Waals surface area contributed by atoms with E-state index in [4.69, 9.17) is 16.6 Å². The highest BCUT2D eigenvalue weighted by atomic mass is 35.5. The number of halogens is 1. The molecule has 5 rings (SSSR count). The zero-order chi connectivity index (χ0) is 30.4. The minimum Gasteiger partial charge on any atom is -0.396 e. The van der Waals surface area contributed by atoms with Gasteiger partial charge in [-0.1, -0.05) is 60.1 Å². The van der Waals surface area contributed by atoms with Gasteiger partial charge in [0.1, 0.15) is 5.65 Å². The molecule has 43 heavy (non-hydrogen) atoms. The molecule has 10 heteroatoms. The molecule has 0 fully saturated rings. The number of carbonyl (C=O) groups is 1. The normalized spacial score (nSPS) is 12.3. The van der Waals surface area contributed by atoms with Gasteiger partial charge in [-0.2, -0.15) is 0 Å². The maximum absolute atomic E-state index is 13.0. The Morgan fingerprint density at radius 2 is 1.74 bits per heavy atom. The Balaban J connectivity index is 1.18. The van der Waals surface area contributed by atoms with E-state index in [1.165, 1.54) is 0 Å². The van der Waals surface area contributed by atoms with Crippen molar-refractivity contribution >= 4 is 38.9 Å². The number of aliphatic hydroxyl groups is 1. The Morgan fingerprint density at radius 3 is 2.44 bits per heavy atom. The van der Waals surface area contributed by atoms with Gasteiger partial charge in [0.05, 0.1) is 11.4 Å². The lowest BCUT2D eigenvalue weighted by Crippen LogP contribution is -2.37. The van der Waals surface area contributed by atoms with Crippen LogP contribution in [0.25, 0.3) is 16.9 Å². The number of aryl methyl sites for hydroxylation is 2. The third-order valence-electron chi connectivity index (χ3n) is 7.24. The third-order valence-corrected chi connectivity index (χ3v) is 8.90. The van der Waals surface area contributed by atoms with Crippen molar-refractivity contribution in [3.8, 4) is 11.3 Å². The van der Waals surface area contributed by atoms with Crippen LogP contribution in [0.2, 0.25) is 5.02 Å². The van der Waals surface area contributed by atoms with Crippen molar-refractivity contribution in [3.63, 3.8) is 0 Å². The molecule has 3 N–H and O–H groups in total. The smallest absolute Gasteiger partial charge is 0.251 e. The fourth-order valence-electron chi connectivity index (χ4n) is 4.90. The molecule has 8 nitrogen and oxygen atoms in total. The number of amides is 1. The zero-order valence-corrected chi connectivity index (χ0v) is 25.3. The Labute approximate surface area is 256 Å². The van der Waals surface area contributed by atoms with Gasteiger partial charge < -0.3 is 14.8 Å². The van der Waals surface area contributed by atoms with Crippen LogP contribution in [0.5, 0.6) is 0 Å². The number of imidazole rings is 1. The first kappa shape index (κ1) is 30.3. The summed E-state index contributed by atoms with van der Waals surface area (Å²) in [5.41, 5.74) is 6.44. The van der Waals surface area contributed by atoms with Gasteiger partial charge in [-0.3, -0.25) is 9.52 Å². The fraction of sp³-hybridized carbons (Fsp3) is 0.212. The number of aromatic nitrogens is 2. The monoisotopic (exact) mass is 616 g/mol. The van der Waals surface area contributed by atoms with E-state index in [1.54, 1.807) is 42.5 Å². The van der Waals surface area contributed by atoms with E-state index in [-0.39, 0.29) is 30.7 Å². The molecule has 222 valence electrons. The first-order valence-corrected chi connectivity index (χ1v) is 16.0. The summed E-state index contributed by atoms with van der Waals surface area (Å²) in [5.74, 6) is -0.426. The average Bonchev–Trinajstić information content (AvgIpc) is 3.43. The highest BCUT2D eigenvalue weighted by molar-refractivity contribution is 7.92. The number of hydrogen-bond donors (Lipinski definition) is 3. The molecular weight excluding hydrogens is 584 g/mol. The van der Waals surface area contributed by atoms with Gasteiger partial charge in [0.2, 0.25) is 10.0 Å². The van der Waals surface area contributed by atoms with Crippen molar-refractivity contribution in [1.29, 1.82) is 0 Å². The summed E-state index contributed by atoms with van der Waals surface area (Å²) in [6.07, 6.45) is 5.20. The van der Waals surface area contributed by atoms with Crippen molar-refractivity contribution in [2.45, 2.75) is 32.2 Å². The van der Waals surface area contributed by atoms with Gasteiger partial charge in [0.25, 0.3) is 5.91 Å². The minimum atomic E-state index is -3.62. The largest absolute Gasteiger partial charge is 0.396 e. The van der Waals surface area contributed by atoms with Crippen molar-refractivity contribution in [2.24, 2.45) is 0 Å². The van der Waals surface area contributed by atoms with Crippen LogP contribution in [-0.4, -0.2) is 47.2 Å². The van der Waals surface area contributed by atoms with Crippen LogP contribution in [0, 0.1) is 6.92 Å². The number of benzene rings is 3. The fourth-order valence-corrected chi connectivity index (χ4v) is 6.22. The summed E-state index contributed by atoms with van der Waals surface area (Å²) in [6, 6.07) is 25.2. The van der Waals surface area contributed by atoms with Crippen LogP contribution in [0.4, 0.5) is 5.69 Å². The first-order valence-electron chi connectivity index (χ1n) is 14.0. The number of hydrogen-bond acceptors (Lipinski definition) is 5. The summed E-state index contributed by atoms with van der Waals surface area (Å²) in [5, 5.41) is 13.2. The lowest BCUT2D eigenvalue weighted by Gasteiger charge is -2.18. The van der Waals surface area contributed by atoms with E-state index in [2.05, 4.69) is 10.0 Å². The second-order valence-corrected chi connectivity index (χ2v) is 12.7. The Morgan fingerprint density at radius 1 is 1.00 bits per heavy atom.